The van der Waals surface area contributed by atoms with Crippen LogP contribution in [0.1, 0.15) is 39.7 Å². The van der Waals surface area contributed by atoms with Crippen LogP contribution in [-0.2, 0) is 32.7 Å². The largest absolute Gasteiger partial charge is 0.358 e. The van der Waals surface area contributed by atoms with E-state index in [0.29, 0.717) is 0 Å². The average Bonchev–Trinajstić information content (AvgIpc) is 2.11. The van der Waals surface area contributed by atoms with Gasteiger partial charge in [0.05, 0.1) is 0 Å². The van der Waals surface area contributed by atoms with Crippen molar-refractivity contribution < 1.29 is 32.7 Å². The standard InChI is InChI=1S/C7H7.C3H8.C2H6.CH3.Y/c1-7-5-3-2-4-6-7;1-3-2;1-2;;/h2-3,5-6H,1H3;3H2,1-2H3;1-2H3;1H3;/q-1;;;-1;. The number of benzene rings is 1. The van der Waals surface area contributed by atoms with Crippen LogP contribution in [0.2, 0.25) is 0 Å². The summed E-state index contributed by atoms with van der Waals surface area (Å²) in [6, 6.07) is 10.8. The van der Waals surface area contributed by atoms with E-state index in [0.717, 1.165) is 0 Å². The first-order valence-electron chi connectivity index (χ1n) is 4.74. The van der Waals surface area contributed by atoms with Crippen molar-refractivity contribution in [1.82, 2.24) is 0 Å². The van der Waals surface area contributed by atoms with Crippen molar-refractivity contribution in [2.75, 3.05) is 0 Å². The van der Waals surface area contributed by atoms with Crippen LogP contribution in [0, 0.1) is 20.4 Å². The summed E-state index contributed by atoms with van der Waals surface area (Å²) in [6.45, 7) is 10.3. The Labute approximate surface area is 116 Å². The quantitative estimate of drug-likeness (QED) is 0.599. The fourth-order valence-electron chi connectivity index (χ4n) is 0.483. The van der Waals surface area contributed by atoms with Crippen molar-refractivity contribution in [3.05, 3.63) is 43.3 Å². The number of aryl methyl sites for hydroxylation is 1. The van der Waals surface area contributed by atoms with Gasteiger partial charge in [-0.1, -0.05) is 41.0 Å². The number of hydrogen-bond acceptors (Lipinski definition) is 0. The zero-order valence-corrected chi connectivity index (χ0v) is 13.4. The Morgan fingerprint density at radius 2 is 1.64 bits per heavy atom. The Morgan fingerprint density at radius 1 is 1.21 bits per heavy atom. The molecule has 1 aromatic rings. The summed E-state index contributed by atoms with van der Waals surface area (Å²) >= 11 is 0. The summed E-state index contributed by atoms with van der Waals surface area (Å²) in [4.78, 5) is 0. The molecule has 0 aliphatic heterocycles. The van der Waals surface area contributed by atoms with Gasteiger partial charge in [0.25, 0.3) is 0 Å². The smallest absolute Gasteiger partial charge is 0 e. The van der Waals surface area contributed by atoms with Crippen molar-refractivity contribution in [2.45, 2.75) is 41.0 Å². The van der Waals surface area contributed by atoms with Crippen molar-refractivity contribution in [2.24, 2.45) is 0 Å². The summed E-state index contributed by atoms with van der Waals surface area (Å²) in [7, 11) is 0. The first-order chi connectivity index (χ1) is 5.81. The molecule has 0 atom stereocenters. The van der Waals surface area contributed by atoms with Gasteiger partial charge in [0.1, 0.15) is 0 Å². The van der Waals surface area contributed by atoms with Gasteiger partial charge in [0.15, 0.2) is 0 Å². The summed E-state index contributed by atoms with van der Waals surface area (Å²) < 4.78 is 0. The summed E-state index contributed by atoms with van der Waals surface area (Å²) in [5, 5.41) is 0. The van der Waals surface area contributed by atoms with Gasteiger partial charge < -0.3 is 7.43 Å². The van der Waals surface area contributed by atoms with E-state index in [1.165, 1.54) is 12.0 Å². The van der Waals surface area contributed by atoms with E-state index < -0.39 is 0 Å². The Bertz CT molecular complexity index is 147. The molecular weight excluding hydrogens is 245 g/mol. The first-order valence-corrected chi connectivity index (χ1v) is 4.74. The van der Waals surface area contributed by atoms with Crippen LogP contribution < -0.4 is 0 Å². The second-order valence-electron chi connectivity index (χ2n) is 2.29. The first kappa shape index (κ1) is 23.9. The van der Waals surface area contributed by atoms with Gasteiger partial charge in [-0.2, -0.15) is 35.9 Å². The van der Waals surface area contributed by atoms with Crippen LogP contribution in [0.3, 0.4) is 0 Å². The fraction of sp³-hybridized carbons (Fsp3) is 0.462. The molecule has 0 amide bonds. The minimum absolute atomic E-state index is 0. The molecule has 0 spiro atoms. The van der Waals surface area contributed by atoms with Crippen molar-refractivity contribution >= 4 is 0 Å². The third-order valence-corrected chi connectivity index (χ3v) is 0.863. The summed E-state index contributed by atoms with van der Waals surface area (Å²) in [5.41, 5.74) is 1.27. The maximum atomic E-state index is 2.96. The Kier molecular flexibility index (Phi) is 39.7. The monoisotopic (exact) mass is 269 g/mol. The van der Waals surface area contributed by atoms with E-state index in [1.54, 1.807) is 0 Å². The fourth-order valence-corrected chi connectivity index (χ4v) is 0.483. The van der Waals surface area contributed by atoms with Gasteiger partial charge >= 0.3 is 0 Å². The summed E-state index contributed by atoms with van der Waals surface area (Å²) in [6.07, 6.45) is 1.25. The second kappa shape index (κ2) is 23.3. The van der Waals surface area contributed by atoms with E-state index in [1.807, 2.05) is 32.0 Å². The molecule has 0 aromatic heterocycles. The predicted octanol–water partition coefficient (Wildman–Crippen LogP) is 4.69. The average molecular weight is 269 g/mol. The number of rotatable bonds is 0. The minimum Gasteiger partial charge on any atom is -0.358 e. The molecule has 0 saturated carbocycles. The van der Waals surface area contributed by atoms with E-state index in [9.17, 15) is 0 Å². The van der Waals surface area contributed by atoms with Crippen LogP contribution in [0.25, 0.3) is 0 Å². The second-order valence-corrected chi connectivity index (χ2v) is 2.29. The maximum Gasteiger partial charge on any atom is 0 e. The predicted molar refractivity (Wildman–Crippen MR) is 63.7 cm³/mol. The van der Waals surface area contributed by atoms with Gasteiger partial charge in [0.2, 0.25) is 0 Å². The number of hydrogen-bond donors (Lipinski definition) is 0. The van der Waals surface area contributed by atoms with Crippen LogP contribution in [0.15, 0.2) is 24.3 Å². The Balaban J connectivity index is -0.0000000633. The van der Waals surface area contributed by atoms with Crippen LogP contribution in [0.5, 0.6) is 0 Å². The Hall–Kier alpha value is 0.324. The van der Waals surface area contributed by atoms with Gasteiger partial charge in [-0.3, -0.25) is 0 Å². The van der Waals surface area contributed by atoms with E-state index in [4.69, 9.17) is 0 Å². The van der Waals surface area contributed by atoms with Crippen molar-refractivity contribution in [3.8, 4) is 0 Å². The van der Waals surface area contributed by atoms with Gasteiger partial charge in [0, 0.05) is 32.7 Å². The molecule has 0 N–H and O–H groups in total. The molecular formula is C13H24Y-2. The third kappa shape index (κ3) is 22.8. The van der Waals surface area contributed by atoms with Gasteiger partial charge in [-0.15, -0.1) is 0 Å². The minimum atomic E-state index is 0. The normalized spacial score (nSPS) is 6.07. The molecule has 1 radical (unpaired) electrons. The molecule has 0 nitrogen and oxygen atoms in total. The molecule has 1 rings (SSSR count). The van der Waals surface area contributed by atoms with E-state index in [-0.39, 0.29) is 40.1 Å². The third-order valence-electron chi connectivity index (χ3n) is 0.863. The van der Waals surface area contributed by atoms with E-state index >= 15 is 0 Å². The molecule has 81 valence electrons. The van der Waals surface area contributed by atoms with E-state index in [2.05, 4.69) is 32.9 Å². The zero-order valence-electron chi connectivity index (χ0n) is 10.6. The van der Waals surface area contributed by atoms with Crippen LogP contribution >= 0.6 is 0 Å². The van der Waals surface area contributed by atoms with Crippen molar-refractivity contribution in [1.29, 1.82) is 0 Å². The molecule has 0 unspecified atom stereocenters. The SMILES string of the molecule is CC.CCC.Cc1c[c-]ccc1.[CH3-].[Y]. The molecule has 0 aliphatic rings. The van der Waals surface area contributed by atoms with Crippen LogP contribution in [-0.4, -0.2) is 0 Å². The molecule has 1 heteroatoms. The molecule has 14 heavy (non-hydrogen) atoms. The van der Waals surface area contributed by atoms with Crippen LogP contribution in [0.4, 0.5) is 0 Å². The molecule has 0 aliphatic carbocycles. The van der Waals surface area contributed by atoms with Crippen molar-refractivity contribution in [3.63, 3.8) is 0 Å². The van der Waals surface area contributed by atoms with Gasteiger partial charge in [-0.25, -0.2) is 0 Å². The molecule has 0 saturated heterocycles. The summed E-state index contributed by atoms with van der Waals surface area (Å²) in [5.74, 6) is 0. The molecule has 1 aromatic carbocycles. The zero-order chi connectivity index (χ0) is 9.82. The molecule has 0 fully saturated rings. The maximum absolute atomic E-state index is 2.96. The topological polar surface area (TPSA) is 0 Å². The van der Waals surface area contributed by atoms with Gasteiger partial charge in [-0.05, 0) is 0 Å². The molecule has 0 bridgehead atoms. The Morgan fingerprint density at radius 3 is 1.79 bits per heavy atom. The molecule has 0 heterocycles.